The summed E-state index contributed by atoms with van der Waals surface area (Å²) in [5, 5.41) is 11.2. The first-order valence-corrected chi connectivity index (χ1v) is 6.72. The van der Waals surface area contributed by atoms with Gasteiger partial charge >= 0.3 is 12.1 Å². The number of hydrogen-bond acceptors (Lipinski definition) is 5. The molecule has 1 aromatic heterocycles. The van der Waals surface area contributed by atoms with Crippen LogP contribution in [0.2, 0.25) is 0 Å². The highest BCUT2D eigenvalue weighted by molar-refractivity contribution is 5.69. The molecular formula is C14H15F3N4O2. The zero-order valence-corrected chi connectivity index (χ0v) is 12.8. The molecular weight excluding hydrogens is 313 g/mol. The number of aromatic nitrogens is 4. The first-order chi connectivity index (χ1) is 10.5. The zero-order valence-electron chi connectivity index (χ0n) is 12.8. The number of esters is 1. The average Bonchev–Trinajstić information content (AvgIpc) is 2.84. The third-order valence-electron chi connectivity index (χ3n) is 2.59. The highest BCUT2D eigenvalue weighted by Crippen LogP contribution is 2.31. The van der Waals surface area contributed by atoms with Crippen molar-refractivity contribution in [2.24, 2.45) is 0 Å². The molecule has 0 saturated carbocycles. The molecule has 1 heterocycles. The fourth-order valence-corrected chi connectivity index (χ4v) is 1.75. The molecule has 0 N–H and O–H groups in total. The van der Waals surface area contributed by atoms with Gasteiger partial charge in [-0.1, -0.05) is 12.1 Å². The van der Waals surface area contributed by atoms with Crippen LogP contribution in [0, 0.1) is 0 Å². The largest absolute Gasteiger partial charge is 0.459 e. The van der Waals surface area contributed by atoms with Gasteiger partial charge in [-0.2, -0.15) is 18.0 Å². The molecule has 124 valence electrons. The van der Waals surface area contributed by atoms with Crippen LogP contribution in [0.15, 0.2) is 24.3 Å². The monoisotopic (exact) mass is 328 g/mol. The van der Waals surface area contributed by atoms with Gasteiger partial charge in [0.05, 0.1) is 5.56 Å². The highest BCUT2D eigenvalue weighted by Gasteiger charge is 2.30. The second kappa shape index (κ2) is 5.98. The number of carbonyl (C=O) groups is 1. The predicted octanol–water partition coefficient (Wildman–Crippen LogP) is 2.70. The van der Waals surface area contributed by atoms with Crippen molar-refractivity contribution in [3.63, 3.8) is 0 Å². The molecule has 0 aliphatic carbocycles. The number of alkyl halides is 3. The quantitative estimate of drug-likeness (QED) is 0.810. The van der Waals surface area contributed by atoms with Crippen molar-refractivity contribution in [2.45, 2.75) is 39.1 Å². The molecule has 23 heavy (non-hydrogen) atoms. The van der Waals surface area contributed by atoms with Crippen molar-refractivity contribution in [3.8, 4) is 11.4 Å². The van der Waals surface area contributed by atoms with E-state index in [1.165, 1.54) is 12.1 Å². The predicted molar refractivity (Wildman–Crippen MR) is 74.1 cm³/mol. The van der Waals surface area contributed by atoms with Crippen molar-refractivity contribution in [1.29, 1.82) is 0 Å². The summed E-state index contributed by atoms with van der Waals surface area (Å²) in [5.74, 6) is -0.565. The van der Waals surface area contributed by atoms with Crippen LogP contribution < -0.4 is 0 Å². The van der Waals surface area contributed by atoms with E-state index in [4.69, 9.17) is 4.74 Å². The topological polar surface area (TPSA) is 69.9 Å². The van der Waals surface area contributed by atoms with E-state index in [0.29, 0.717) is 0 Å². The highest BCUT2D eigenvalue weighted by atomic mass is 19.4. The van der Waals surface area contributed by atoms with Gasteiger partial charge < -0.3 is 4.74 Å². The number of halogens is 3. The van der Waals surface area contributed by atoms with E-state index in [-0.39, 0.29) is 17.9 Å². The third-order valence-corrected chi connectivity index (χ3v) is 2.59. The molecule has 0 atom stereocenters. The molecule has 9 heteroatoms. The lowest BCUT2D eigenvalue weighted by atomic mass is 10.1. The van der Waals surface area contributed by atoms with Crippen LogP contribution in [-0.2, 0) is 22.3 Å². The van der Waals surface area contributed by atoms with Crippen LogP contribution in [0.1, 0.15) is 26.3 Å². The molecule has 2 aromatic rings. The van der Waals surface area contributed by atoms with Crippen LogP contribution in [0.3, 0.4) is 0 Å². The Morgan fingerprint density at radius 1 is 1.26 bits per heavy atom. The van der Waals surface area contributed by atoms with Crippen LogP contribution >= 0.6 is 0 Å². The molecule has 0 aliphatic rings. The minimum atomic E-state index is -4.46. The summed E-state index contributed by atoms with van der Waals surface area (Å²) in [6, 6.07) is 4.57. The molecule has 0 fully saturated rings. The SMILES string of the molecule is CC(C)(C)OC(=O)Cn1nnc(-c2cccc(C(F)(F)F)c2)n1. The lowest BCUT2D eigenvalue weighted by Crippen LogP contribution is -2.27. The molecule has 0 spiro atoms. The van der Waals surface area contributed by atoms with Gasteiger partial charge in [-0.05, 0) is 38.1 Å². The fourth-order valence-electron chi connectivity index (χ4n) is 1.75. The van der Waals surface area contributed by atoms with Crippen LogP contribution in [0.5, 0.6) is 0 Å². The number of nitrogens with zero attached hydrogens (tertiary/aromatic N) is 4. The van der Waals surface area contributed by atoms with Crippen molar-refractivity contribution >= 4 is 5.97 Å². The summed E-state index contributed by atoms with van der Waals surface area (Å²) in [4.78, 5) is 12.6. The van der Waals surface area contributed by atoms with E-state index in [2.05, 4.69) is 15.4 Å². The van der Waals surface area contributed by atoms with E-state index in [9.17, 15) is 18.0 Å². The molecule has 0 amide bonds. The lowest BCUT2D eigenvalue weighted by Gasteiger charge is -2.18. The van der Waals surface area contributed by atoms with Gasteiger partial charge in [0, 0.05) is 5.56 Å². The number of ether oxygens (including phenoxy) is 1. The van der Waals surface area contributed by atoms with Gasteiger partial charge in [0.25, 0.3) is 0 Å². The Morgan fingerprint density at radius 2 is 1.96 bits per heavy atom. The Balaban J connectivity index is 2.15. The summed E-state index contributed by atoms with van der Waals surface area (Å²) in [6.07, 6.45) is -4.46. The van der Waals surface area contributed by atoms with Gasteiger partial charge in [-0.15, -0.1) is 10.2 Å². The number of rotatable bonds is 3. The first-order valence-electron chi connectivity index (χ1n) is 6.72. The van der Waals surface area contributed by atoms with Crippen molar-refractivity contribution in [1.82, 2.24) is 20.2 Å². The summed E-state index contributed by atoms with van der Waals surface area (Å²) < 4.78 is 43.2. The normalized spacial score (nSPS) is 12.3. The molecule has 0 aliphatic heterocycles. The van der Waals surface area contributed by atoms with Gasteiger partial charge in [0.15, 0.2) is 6.54 Å². The number of hydrogen-bond donors (Lipinski definition) is 0. The molecule has 0 bridgehead atoms. The molecule has 0 saturated heterocycles. The van der Waals surface area contributed by atoms with Crippen molar-refractivity contribution < 1.29 is 22.7 Å². The average molecular weight is 328 g/mol. The van der Waals surface area contributed by atoms with Gasteiger partial charge in [-0.3, -0.25) is 0 Å². The zero-order chi connectivity index (χ0) is 17.3. The summed E-state index contributed by atoms with van der Waals surface area (Å²) in [6.45, 7) is 4.87. The van der Waals surface area contributed by atoms with Crippen molar-refractivity contribution in [3.05, 3.63) is 29.8 Å². The minimum absolute atomic E-state index is 0.000316. The van der Waals surface area contributed by atoms with Gasteiger partial charge in [0.1, 0.15) is 5.60 Å². The molecule has 2 rings (SSSR count). The maximum atomic E-state index is 12.7. The molecule has 0 radical (unpaired) electrons. The Morgan fingerprint density at radius 3 is 2.57 bits per heavy atom. The number of carbonyl (C=O) groups excluding carboxylic acids is 1. The number of benzene rings is 1. The second-order valence-corrected chi connectivity index (χ2v) is 5.81. The summed E-state index contributed by atoms with van der Waals surface area (Å²) in [5.41, 5.74) is -1.30. The fraction of sp³-hybridized carbons (Fsp3) is 0.429. The standard InChI is InChI=1S/C14H15F3N4O2/c1-13(2,3)23-11(22)8-21-19-12(18-20-21)9-5-4-6-10(7-9)14(15,16)17/h4-7H,8H2,1-3H3. The Hall–Kier alpha value is -2.45. The van der Waals surface area contributed by atoms with Crippen LogP contribution in [0.4, 0.5) is 13.2 Å². The Labute approximate surface area is 130 Å². The lowest BCUT2D eigenvalue weighted by molar-refractivity contribution is -0.156. The van der Waals surface area contributed by atoms with Crippen LogP contribution in [0.25, 0.3) is 11.4 Å². The van der Waals surface area contributed by atoms with Gasteiger partial charge in [0.2, 0.25) is 5.82 Å². The molecule has 1 aromatic carbocycles. The maximum Gasteiger partial charge on any atom is 0.416 e. The van der Waals surface area contributed by atoms with Crippen molar-refractivity contribution in [2.75, 3.05) is 0 Å². The second-order valence-electron chi connectivity index (χ2n) is 5.81. The minimum Gasteiger partial charge on any atom is -0.459 e. The van der Waals surface area contributed by atoms with Crippen LogP contribution in [-0.4, -0.2) is 31.8 Å². The summed E-state index contributed by atoms with van der Waals surface area (Å²) >= 11 is 0. The smallest absolute Gasteiger partial charge is 0.416 e. The Kier molecular flexibility index (Phi) is 4.39. The number of tetrazole rings is 1. The third kappa shape index (κ3) is 4.76. The maximum absolute atomic E-state index is 12.7. The van der Waals surface area contributed by atoms with Gasteiger partial charge in [-0.25, -0.2) is 4.79 Å². The van der Waals surface area contributed by atoms with E-state index in [1.807, 2.05) is 0 Å². The van der Waals surface area contributed by atoms with E-state index in [1.54, 1.807) is 20.8 Å². The van der Waals surface area contributed by atoms with E-state index < -0.39 is 23.3 Å². The summed E-state index contributed by atoms with van der Waals surface area (Å²) in [7, 11) is 0. The van der Waals surface area contributed by atoms with E-state index >= 15 is 0 Å². The van der Waals surface area contributed by atoms with E-state index in [0.717, 1.165) is 16.9 Å². The molecule has 0 unspecified atom stereocenters. The Bertz CT molecular complexity index is 705. The molecule has 6 nitrogen and oxygen atoms in total. The first kappa shape index (κ1) is 16.9.